The number of aromatic nitrogens is 3. The van der Waals surface area contributed by atoms with Crippen molar-refractivity contribution in [1.82, 2.24) is 23.7 Å². The van der Waals surface area contributed by atoms with E-state index in [2.05, 4.69) is 28.3 Å². The van der Waals surface area contributed by atoms with Crippen LogP contribution in [0.3, 0.4) is 0 Å². The van der Waals surface area contributed by atoms with E-state index in [-0.39, 0.29) is 0 Å². The first kappa shape index (κ1) is 24.4. The number of rotatable bonds is 7. The molecule has 0 radical (unpaired) electrons. The molecule has 0 aliphatic carbocycles. The topological polar surface area (TPSA) is 80.6 Å². The summed E-state index contributed by atoms with van der Waals surface area (Å²) in [5.41, 5.74) is 3.71. The molecule has 0 atom stereocenters. The molecule has 5 rings (SSSR count). The van der Waals surface area contributed by atoms with Gasteiger partial charge in [0.15, 0.2) is 5.65 Å². The molecule has 188 valence electrons. The van der Waals surface area contributed by atoms with E-state index < -0.39 is 10.0 Å². The number of hydrogen-bond acceptors (Lipinski definition) is 6. The number of imidazole rings is 1. The third kappa shape index (κ3) is 4.74. The summed E-state index contributed by atoms with van der Waals surface area (Å²) in [5.74, 6) is 2.02. The largest absolute Gasteiger partial charge is 0.497 e. The monoisotopic (exact) mass is 505 g/mol. The molecule has 4 aromatic rings. The van der Waals surface area contributed by atoms with Gasteiger partial charge in [-0.15, -0.1) is 0 Å². The van der Waals surface area contributed by atoms with Crippen LogP contribution in [-0.2, 0) is 16.6 Å². The molecule has 0 amide bonds. The molecule has 3 heterocycles. The summed E-state index contributed by atoms with van der Waals surface area (Å²) in [6, 6.07) is 18.9. The summed E-state index contributed by atoms with van der Waals surface area (Å²) in [7, 11) is -1.87. The number of sulfonamides is 1. The number of piperazine rings is 1. The molecule has 0 spiro atoms. The summed E-state index contributed by atoms with van der Waals surface area (Å²) in [6.07, 6.45) is 1.77. The first-order chi connectivity index (χ1) is 17.4. The zero-order valence-electron chi connectivity index (χ0n) is 20.8. The Bertz CT molecular complexity index is 1440. The van der Waals surface area contributed by atoms with Gasteiger partial charge in [0.25, 0.3) is 0 Å². The normalized spacial score (nSPS) is 15.6. The Morgan fingerprint density at radius 3 is 2.28 bits per heavy atom. The van der Waals surface area contributed by atoms with Crippen LogP contribution in [0.15, 0.2) is 71.8 Å². The lowest BCUT2D eigenvalue weighted by atomic mass is 10.0. The molecular weight excluding hydrogens is 474 g/mol. The molecule has 2 aromatic heterocycles. The fraction of sp³-hybridized carbons (Fsp3) is 0.333. The number of methoxy groups -OCH3 is 1. The van der Waals surface area contributed by atoms with Crippen LogP contribution in [0.1, 0.15) is 31.2 Å². The molecule has 1 saturated heterocycles. The summed E-state index contributed by atoms with van der Waals surface area (Å²) in [6.45, 7) is 6.93. The van der Waals surface area contributed by atoms with Crippen molar-refractivity contribution in [1.29, 1.82) is 0 Å². The highest BCUT2D eigenvalue weighted by atomic mass is 32.2. The fourth-order valence-corrected chi connectivity index (χ4v) is 5.99. The average molecular weight is 506 g/mol. The van der Waals surface area contributed by atoms with Crippen LogP contribution in [0.2, 0.25) is 0 Å². The van der Waals surface area contributed by atoms with Gasteiger partial charge in [-0.05, 0) is 60.0 Å². The molecule has 1 aliphatic rings. The second kappa shape index (κ2) is 10.0. The highest BCUT2D eigenvalue weighted by Crippen LogP contribution is 2.25. The lowest BCUT2D eigenvalue weighted by molar-refractivity contribution is 0.177. The number of ether oxygens (including phenoxy) is 1. The van der Waals surface area contributed by atoms with Gasteiger partial charge in [0.1, 0.15) is 17.1 Å². The van der Waals surface area contributed by atoms with Crippen LogP contribution < -0.4 is 4.74 Å². The van der Waals surface area contributed by atoms with Gasteiger partial charge >= 0.3 is 0 Å². The van der Waals surface area contributed by atoms with Crippen molar-refractivity contribution in [3.63, 3.8) is 0 Å². The number of pyridine rings is 1. The highest BCUT2D eigenvalue weighted by Gasteiger charge is 2.29. The van der Waals surface area contributed by atoms with E-state index in [0.717, 1.165) is 34.0 Å². The standard InChI is InChI=1S/C27H31N5O3S/c1-20(2)21-6-12-24(13-7-21)36(33,34)31-17-15-30(16-18-31)19-26-29-25-5-4-14-28-27(25)32(26)22-8-10-23(35-3)11-9-22/h4-14,20H,15-19H2,1-3H3. The quantitative estimate of drug-likeness (QED) is 0.377. The second-order valence-corrected chi connectivity index (χ2v) is 11.2. The summed E-state index contributed by atoms with van der Waals surface area (Å²) >= 11 is 0. The Kier molecular flexibility index (Phi) is 6.79. The molecule has 36 heavy (non-hydrogen) atoms. The third-order valence-electron chi connectivity index (χ3n) is 6.70. The van der Waals surface area contributed by atoms with E-state index in [1.165, 1.54) is 0 Å². The maximum atomic E-state index is 13.2. The molecule has 9 heteroatoms. The SMILES string of the molecule is COc1ccc(-n2c(CN3CCN(S(=O)(=O)c4ccc(C(C)C)cc4)CC3)nc3cccnc32)cc1. The van der Waals surface area contributed by atoms with E-state index in [4.69, 9.17) is 9.72 Å². The maximum absolute atomic E-state index is 13.2. The first-order valence-electron chi connectivity index (χ1n) is 12.2. The Morgan fingerprint density at radius 1 is 0.944 bits per heavy atom. The van der Waals surface area contributed by atoms with Gasteiger partial charge in [0, 0.05) is 38.1 Å². The Balaban J connectivity index is 1.33. The fourth-order valence-electron chi connectivity index (χ4n) is 4.57. The molecule has 0 saturated carbocycles. The highest BCUT2D eigenvalue weighted by molar-refractivity contribution is 7.89. The zero-order valence-corrected chi connectivity index (χ0v) is 21.6. The predicted molar refractivity (Wildman–Crippen MR) is 140 cm³/mol. The molecule has 0 bridgehead atoms. The molecule has 8 nitrogen and oxygen atoms in total. The van der Waals surface area contributed by atoms with Gasteiger partial charge in [-0.25, -0.2) is 18.4 Å². The van der Waals surface area contributed by atoms with Crippen molar-refractivity contribution in [2.45, 2.75) is 31.2 Å². The molecule has 2 aromatic carbocycles. The van der Waals surface area contributed by atoms with Crippen LogP contribution in [0, 0.1) is 0 Å². The van der Waals surface area contributed by atoms with Gasteiger partial charge in [-0.3, -0.25) is 9.47 Å². The minimum absolute atomic E-state index is 0.354. The van der Waals surface area contributed by atoms with Crippen molar-refractivity contribution in [2.24, 2.45) is 0 Å². The van der Waals surface area contributed by atoms with Gasteiger partial charge in [0.2, 0.25) is 10.0 Å². The Labute approximate surface area is 212 Å². The smallest absolute Gasteiger partial charge is 0.243 e. The molecule has 0 unspecified atom stereocenters. The predicted octanol–water partition coefficient (Wildman–Crippen LogP) is 4.06. The van der Waals surface area contributed by atoms with Gasteiger partial charge in [0.05, 0.1) is 18.6 Å². The molecule has 1 fully saturated rings. The van der Waals surface area contributed by atoms with Crippen molar-refractivity contribution in [3.8, 4) is 11.4 Å². The third-order valence-corrected chi connectivity index (χ3v) is 8.61. The van der Waals surface area contributed by atoms with Crippen molar-refractivity contribution in [3.05, 3.63) is 78.2 Å². The summed E-state index contributed by atoms with van der Waals surface area (Å²) in [4.78, 5) is 12.0. The molecule has 0 N–H and O–H groups in total. The van der Waals surface area contributed by atoms with Crippen molar-refractivity contribution in [2.75, 3.05) is 33.3 Å². The minimum atomic E-state index is -3.52. The van der Waals surface area contributed by atoms with Crippen LogP contribution >= 0.6 is 0 Å². The number of hydrogen-bond donors (Lipinski definition) is 0. The Morgan fingerprint density at radius 2 is 1.64 bits per heavy atom. The van der Waals surface area contributed by atoms with E-state index >= 15 is 0 Å². The maximum Gasteiger partial charge on any atom is 0.243 e. The van der Waals surface area contributed by atoms with Crippen molar-refractivity contribution < 1.29 is 13.2 Å². The Hall–Kier alpha value is -3.27. The summed E-state index contributed by atoms with van der Waals surface area (Å²) < 4.78 is 35.4. The van der Waals surface area contributed by atoms with Crippen LogP contribution in [0.25, 0.3) is 16.9 Å². The van der Waals surface area contributed by atoms with Crippen LogP contribution in [0.5, 0.6) is 5.75 Å². The second-order valence-electron chi connectivity index (χ2n) is 9.31. The molecular formula is C27H31N5O3S. The van der Waals surface area contributed by atoms with E-state index in [1.807, 2.05) is 48.5 Å². The van der Waals surface area contributed by atoms with E-state index in [9.17, 15) is 8.42 Å². The first-order valence-corrected chi connectivity index (χ1v) is 13.6. The zero-order chi connectivity index (χ0) is 25.3. The van der Waals surface area contributed by atoms with E-state index in [1.54, 1.807) is 29.7 Å². The van der Waals surface area contributed by atoms with Gasteiger partial charge in [-0.2, -0.15) is 4.31 Å². The minimum Gasteiger partial charge on any atom is -0.497 e. The number of nitrogens with zero attached hydrogens (tertiary/aromatic N) is 5. The lowest BCUT2D eigenvalue weighted by Crippen LogP contribution is -2.48. The lowest BCUT2D eigenvalue weighted by Gasteiger charge is -2.33. The van der Waals surface area contributed by atoms with Crippen LogP contribution in [-0.4, -0.2) is 65.4 Å². The van der Waals surface area contributed by atoms with Gasteiger partial charge < -0.3 is 4.74 Å². The van der Waals surface area contributed by atoms with Crippen LogP contribution in [0.4, 0.5) is 0 Å². The summed E-state index contributed by atoms with van der Waals surface area (Å²) in [5, 5.41) is 0. The van der Waals surface area contributed by atoms with Gasteiger partial charge in [-0.1, -0.05) is 26.0 Å². The number of benzene rings is 2. The number of fused-ring (bicyclic) bond motifs is 1. The molecule has 1 aliphatic heterocycles. The van der Waals surface area contributed by atoms with E-state index in [0.29, 0.717) is 43.5 Å². The van der Waals surface area contributed by atoms with Crippen molar-refractivity contribution >= 4 is 21.2 Å². The average Bonchev–Trinajstić information content (AvgIpc) is 3.27.